The molecule has 0 radical (unpaired) electrons. The van der Waals surface area contributed by atoms with E-state index in [9.17, 15) is 4.79 Å². The highest BCUT2D eigenvalue weighted by Crippen LogP contribution is 2.26. The Kier molecular flexibility index (Phi) is 6.40. The SMILES string of the molecule is O=C(c1ccccc1)N1CCC(N(Cc2ccccc2)C2CCOCC2)CC1. The number of nitrogens with zero attached hydrogens (tertiary/aromatic N) is 2. The van der Waals surface area contributed by atoms with Gasteiger partial charge in [0.15, 0.2) is 0 Å². The van der Waals surface area contributed by atoms with Crippen LogP contribution in [-0.2, 0) is 11.3 Å². The second-order valence-corrected chi connectivity index (χ2v) is 7.89. The van der Waals surface area contributed by atoms with Crippen molar-refractivity contribution in [2.75, 3.05) is 26.3 Å². The molecule has 1 amide bonds. The molecule has 4 heteroatoms. The van der Waals surface area contributed by atoms with Gasteiger partial charge in [0.1, 0.15) is 0 Å². The molecule has 2 aromatic rings. The molecule has 0 N–H and O–H groups in total. The van der Waals surface area contributed by atoms with Gasteiger partial charge in [-0.2, -0.15) is 0 Å². The van der Waals surface area contributed by atoms with E-state index in [1.54, 1.807) is 0 Å². The predicted octanol–water partition coefficient (Wildman–Crippen LogP) is 3.97. The zero-order valence-corrected chi connectivity index (χ0v) is 16.5. The number of amides is 1. The molecule has 2 aliphatic heterocycles. The van der Waals surface area contributed by atoms with Crippen molar-refractivity contribution in [3.8, 4) is 0 Å². The Labute approximate surface area is 168 Å². The smallest absolute Gasteiger partial charge is 0.253 e. The number of benzene rings is 2. The van der Waals surface area contributed by atoms with Crippen molar-refractivity contribution in [2.24, 2.45) is 0 Å². The summed E-state index contributed by atoms with van der Waals surface area (Å²) in [6.07, 6.45) is 4.30. The molecule has 0 saturated carbocycles. The zero-order chi connectivity index (χ0) is 19.2. The second-order valence-electron chi connectivity index (χ2n) is 7.89. The number of carbonyl (C=O) groups is 1. The van der Waals surface area contributed by atoms with Crippen LogP contribution in [0.1, 0.15) is 41.6 Å². The number of rotatable bonds is 5. The van der Waals surface area contributed by atoms with Gasteiger partial charge in [-0.15, -0.1) is 0 Å². The maximum Gasteiger partial charge on any atom is 0.253 e. The van der Waals surface area contributed by atoms with Crippen molar-refractivity contribution in [3.63, 3.8) is 0 Å². The molecule has 2 heterocycles. The third-order valence-electron chi connectivity index (χ3n) is 6.11. The lowest BCUT2D eigenvalue weighted by molar-refractivity contribution is -0.00148. The Balaban J connectivity index is 1.42. The fraction of sp³-hybridized carbons (Fsp3) is 0.458. The number of hydrogen-bond donors (Lipinski definition) is 0. The van der Waals surface area contributed by atoms with Crippen LogP contribution in [0.2, 0.25) is 0 Å². The Hall–Kier alpha value is -2.17. The third kappa shape index (κ3) is 4.62. The molecule has 0 atom stereocenters. The molecule has 4 rings (SSSR count). The van der Waals surface area contributed by atoms with E-state index in [-0.39, 0.29) is 5.91 Å². The topological polar surface area (TPSA) is 32.8 Å². The van der Waals surface area contributed by atoms with Gasteiger partial charge in [0.2, 0.25) is 0 Å². The number of carbonyl (C=O) groups excluding carboxylic acids is 1. The van der Waals surface area contributed by atoms with Gasteiger partial charge in [0.05, 0.1) is 0 Å². The second kappa shape index (κ2) is 9.35. The molecule has 2 aliphatic rings. The molecule has 4 nitrogen and oxygen atoms in total. The van der Waals surface area contributed by atoms with Gasteiger partial charge in [-0.25, -0.2) is 0 Å². The molecule has 0 aromatic heterocycles. The third-order valence-corrected chi connectivity index (χ3v) is 6.11. The summed E-state index contributed by atoms with van der Waals surface area (Å²) in [4.78, 5) is 17.5. The molecule has 2 fully saturated rings. The summed E-state index contributed by atoms with van der Waals surface area (Å²) in [6, 6.07) is 21.5. The number of likely N-dealkylation sites (tertiary alicyclic amines) is 1. The van der Waals surface area contributed by atoms with Gasteiger partial charge in [0, 0.05) is 50.5 Å². The highest BCUT2D eigenvalue weighted by Gasteiger charge is 2.32. The summed E-state index contributed by atoms with van der Waals surface area (Å²) in [7, 11) is 0. The van der Waals surface area contributed by atoms with Crippen molar-refractivity contribution in [2.45, 2.75) is 44.3 Å². The van der Waals surface area contributed by atoms with Crippen LogP contribution in [0.4, 0.5) is 0 Å². The molecule has 28 heavy (non-hydrogen) atoms. The van der Waals surface area contributed by atoms with E-state index in [4.69, 9.17) is 4.74 Å². The van der Waals surface area contributed by atoms with Gasteiger partial charge in [0.25, 0.3) is 5.91 Å². The van der Waals surface area contributed by atoms with E-state index in [2.05, 4.69) is 35.2 Å². The Morgan fingerprint density at radius 3 is 2.07 bits per heavy atom. The molecule has 0 unspecified atom stereocenters. The Morgan fingerprint density at radius 1 is 0.857 bits per heavy atom. The van der Waals surface area contributed by atoms with Gasteiger partial charge in [-0.3, -0.25) is 9.69 Å². The van der Waals surface area contributed by atoms with Crippen LogP contribution < -0.4 is 0 Å². The molecular weight excluding hydrogens is 348 g/mol. The Morgan fingerprint density at radius 2 is 1.43 bits per heavy atom. The van der Waals surface area contributed by atoms with Crippen molar-refractivity contribution in [1.82, 2.24) is 9.80 Å². The van der Waals surface area contributed by atoms with Crippen LogP contribution in [0.15, 0.2) is 60.7 Å². The minimum absolute atomic E-state index is 0.166. The summed E-state index contributed by atoms with van der Waals surface area (Å²) in [5, 5.41) is 0. The van der Waals surface area contributed by atoms with Crippen molar-refractivity contribution >= 4 is 5.91 Å². The average Bonchev–Trinajstić information content (AvgIpc) is 2.79. The fourth-order valence-corrected chi connectivity index (χ4v) is 4.53. The normalized spacial score (nSPS) is 19.1. The lowest BCUT2D eigenvalue weighted by Crippen LogP contribution is -2.51. The van der Waals surface area contributed by atoms with E-state index in [1.165, 1.54) is 5.56 Å². The van der Waals surface area contributed by atoms with Crippen molar-refractivity contribution in [3.05, 3.63) is 71.8 Å². The molecule has 0 aliphatic carbocycles. The first-order chi connectivity index (χ1) is 13.8. The van der Waals surface area contributed by atoms with Gasteiger partial charge < -0.3 is 9.64 Å². The monoisotopic (exact) mass is 378 g/mol. The van der Waals surface area contributed by atoms with E-state index < -0.39 is 0 Å². The predicted molar refractivity (Wildman–Crippen MR) is 111 cm³/mol. The maximum absolute atomic E-state index is 12.8. The lowest BCUT2D eigenvalue weighted by Gasteiger charge is -2.43. The standard InChI is InChI=1S/C24H30N2O2/c27-24(21-9-5-2-6-10-21)25-15-11-22(12-16-25)26(23-13-17-28-18-14-23)19-20-7-3-1-4-8-20/h1-10,22-23H,11-19H2. The van der Waals surface area contributed by atoms with Gasteiger partial charge in [-0.05, 0) is 43.4 Å². The van der Waals surface area contributed by atoms with Crippen molar-refractivity contribution in [1.29, 1.82) is 0 Å². The minimum Gasteiger partial charge on any atom is -0.381 e. The van der Waals surface area contributed by atoms with E-state index in [0.29, 0.717) is 12.1 Å². The summed E-state index contributed by atoms with van der Waals surface area (Å²) in [6.45, 7) is 4.39. The summed E-state index contributed by atoms with van der Waals surface area (Å²) in [5.74, 6) is 0.166. The molecule has 0 bridgehead atoms. The Bertz CT molecular complexity index is 736. The van der Waals surface area contributed by atoms with Crippen molar-refractivity contribution < 1.29 is 9.53 Å². The molecular formula is C24H30N2O2. The number of ether oxygens (including phenoxy) is 1. The molecule has 2 saturated heterocycles. The average molecular weight is 379 g/mol. The van der Waals surface area contributed by atoms with Gasteiger partial charge >= 0.3 is 0 Å². The van der Waals surface area contributed by atoms with Crippen LogP contribution in [-0.4, -0.2) is 54.1 Å². The number of hydrogen-bond acceptors (Lipinski definition) is 3. The number of piperidine rings is 1. The van der Waals surface area contributed by atoms with Crippen LogP contribution in [0.3, 0.4) is 0 Å². The maximum atomic E-state index is 12.8. The first-order valence-corrected chi connectivity index (χ1v) is 10.5. The zero-order valence-electron chi connectivity index (χ0n) is 16.5. The summed E-state index contributed by atoms with van der Waals surface area (Å²) in [5.41, 5.74) is 2.17. The largest absolute Gasteiger partial charge is 0.381 e. The van der Waals surface area contributed by atoms with Crippen LogP contribution >= 0.6 is 0 Å². The van der Waals surface area contributed by atoms with Crippen LogP contribution in [0.25, 0.3) is 0 Å². The quantitative estimate of drug-likeness (QED) is 0.789. The van der Waals surface area contributed by atoms with Crippen LogP contribution in [0.5, 0.6) is 0 Å². The van der Waals surface area contributed by atoms with Crippen LogP contribution in [0, 0.1) is 0 Å². The first kappa shape index (κ1) is 19.2. The van der Waals surface area contributed by atoms with E-state index in [1.807, 2.05) is 35.2 Å². The molecule has 2 aromatic carbocycles. The van der Waals surface area contributed by atoms with E-state index in [0.717, 1.165) is 64.1 Å². The first-order valence-electron chi connectivity index (χ1n) is 10.5. The summed E-state index contributed by atoms with van der Waals surface area (Å²) >= 11 is 0. The highest BCUT2D eigenvalue weighted by atomic mass is 16.5. The summed E-state index contributed by atoms with van der Waals surface area (Å²) < 4.78 is 5.61. The highest BCUT2D eigenvalue weighted by molar-refractivity contribution is 5.94. The van der Waals surface area contributed by atoms with Gasteiger partial charge in [-0.1, -0.05) is 48.5 Å². The molecule has 148 valence electrons. The molecule has 0 spiro atoms. The minimum atomic E-state index is 0.166. The van der Waals surface area contributed by atoms with E-state index >= 15 is 0 Å². The lowest BCUT2D eigenvalue weighted by atomic mass is 9.96. The fourth-order valence-electron chi connectivity index (χ4n) is 4.53.